The van der Waals surface area contributed by atoms with Crippen LogP contribution in [-0.4, -0.2) is 31.7 Å². The molecule has 5 nitrogen and oxygen atoms in total. The van der Waals surface area contributed by atoms with Crippen molar-refractivity contribution in [3.8, 4) is 0 Å². The number of nitrogens with zero attached hydrogens (tertiary/aromatic N) is 1. The standard InChI is InChI=1S/C18H18BrClN2O3S/c19-14-5-7-15(8-6-14)26(24,25)22-11-9-13(10-12-22)18(23)21-17-4-2-1-3-16(17)20/h1-8,13H,9-12H2,(H,21,23). The maximum Gasteiger partial charge on any atom is 0.243 e. The third-order valence-electron chi connectivity index (χ3n) is 4.41. The SMILES string of the molecule is O=C(Nc1ccccc1Cl)C1CCN(S(=O)(=O)c2ccc(Br)cc2)CC1. The second-order valence-corrected chi connectivity index (χ2v) is 9.36. The molecular weight excluding hydrogens is 440 g/mol. The molecule has 0 saturated carbocycles. The number of rotatable bonds is 4. The van der Waals surface area contributed by atoms with Crippen molar-refractivity contribution >= 4 is 49.1 Å². The number of hydrogen-bond donors (Lipinski definition) is 1. The molecule has 8 heteroatoms. The van der Waals surface area contributed by atoms with Crippen LogP contribution < -0.4 is 5.32 Å². The molecule has 3 rings (SSSR count). The van der Waals surface area contributed by atoms with Gasteiger partial charge >= 0.3 is 0 Å². The predicted molar refractivity (Wildman–Crippen MR) is 106 cm³/mol. The van der Waals surface area contributed by atoms with Gasteiger partial charge < -0.3 is 5.32 Å². The highest BCUT2D eigenvalue weighted by atomic mass is 79.9. The van der Waals surface area contributed by atoms with Crippen LogP contribution in [0.15, 0.2) is 57.9 Å². The van der Waals surface area contributed by atoms with E-state index in [4.69, 9.17) is 11.6 Å². The van der Waals surface area contributed by atoms with Crippen molar-refractivity contribution in [3.63, 3.8) is 0 Å². The van der Waals surface area contributed by atoms with Crippen LogP contribution in [0.1, 0.15) is 12.8 Å². The summed E-state index contributed by atoms with van der Waals surface area (Å²) in [5.41, 5.74) is 0.573. The molecule has 1 saturated heterocycles. The first kappa shape index (κ1) is 19.4. The van der Waals surface area contributed by atoms with Crippen molar-refractivity contribution in [1.82, 2.24) is 4.31 Å². The maximum absolute atomic E-state index is 12.7. The van der Waals surface area contributed by atoms with Gasteiger partial charge in [0.25, 0.3) is 0 Å². The molecular formula is C18H18BrClN2O3S. The summed E-state index contributed by atoms with van der Waals surface area (Å²) in [7, 11) is -3.53. The summed E-state index contributed by atoms with van der Waals surface area (Å²) in [6.07, 6.45) is 0.956. The van der Waals surface area contributed by atoms with Crippen molar-refractivity contribution in [1.29, 1.82) is 0 Å². The summed E-state index contributed by atoms with van der Waals surface area (Å²) in [4.78, 5) is 12.7. The monoisotopic (exact) mass is 456 g/mol. The topological polar surface area (TPSA) is 66.5 Å². The molecule has 0 unspecified atom stereocenters. The van der Waals surface area contributed by atoms with E-state index < -0.39 is 10.0 Å². The average molecular weight is 458 g/mol. The summed E-state index contributed by atoms with van der Waals surface area (Å²) >= 11 is 9.37. The van der Waals surface area contributed by atoms with Gasteiger partial charge in [0, 0.05) is 23.5 Å². The van der Waals surface area contributed by atoms with E-state index in [0.717, 1.165) is 4.47 Å². The number of nitrogens with one attached hydrogen (secondary N) is 1. The molecule has 1 heterocycles. The molecule has 26 heavy (non-hydrogen) atoms. The Balaban J connectivity index is 1.62. The van der Waals surface area contributed by atoms with E-state index in [9.17, 15) is 13.2 Å². The molecule has 1 fully saturated rings. The number of para-hydroxylation sites is 1. The lowest BCUT2D eigenvalue weighted by Gasteiger charge is -2.30. The largest absolute Gasteiger partial charge is 0.325 e. The molecule has 0 atom stereocenters. The Morgan fingerprint density at radius 2 is 1.69 bits per heavy atom. The van der Waals surface area contributed by atoms with Crippen LogP contribution in [0.2, 0.25) is 5.02 Å². The predicted octanol–water partition coefficient (Wildman–Crippen LogP) is 4.14. The lowest BCUT2D eigenvalue weighted by Crippen LogP contribution is -2.41. The molecule has 1 amide bonds. The molecule has 2 aromatic carbocycles. The Hall–Kier alpha value is -1.41. The van der Waals surface area contributed by atoms with Crippen LogP contribution in [0.5, 0.6) is 0 Å². The van der Waals surface area contributed by atoms with E-state index in [1.54, 1.807) is 48.5 Å². The molecule has 138 valence electrons. The van der Waals surface area contributed by atoms with Crippen molar-refractivity contribution < 1.29 is 13.2 Å². The second-order valence-electron chi connectivity index (χ2n) is 6.10. The van der Waals surface area contributed by atoms with Crippen LogP contribution in [0.4, 0.5) is 5.69 Å². The number of benzene rings is 2. The minimum Gasteiger partial charge on any atom is -0.325 e. The first-order chi connectivity index (χ1) is 12.4. The lowest BCUT2D eigenvalue weighted by atomic mass is 9.97. The fourth-order valence-corrected chi connectivity index (χ4v) is 4.83. The number of amides is 1. The fourth-order valence-electron chi connectivity index (χ4n) is 2.91. The van der Waals surface area contributed by atoms with Gasteiger partial charge in [0.2, 0.25) is 15.9 Å². The normalized spacial score (nSPS) is 16.4. The number of piperidine rings is 1. The molecule has 0 radical (unpaired) electrons. The lowest BCUT2D eigenvalue weighted by molar-refractivity contribution is -0.120. The summed E-state index contributed by atoms with van der Waals surface area (Å²) in [6, 6.07) is 13.6. The Morgan fingerprint density at radius 3 is 2.31 bits per heavy atom. The third kappa shape index (κ3) is 4.28. The molecule has 1 aliphatic rings. The average Bonchev–Trinajstić information content (AvgIpc) is 2.64. The number of sulfonamides is 1. The van der Waals surface area contributed by atoms with Crippen LogP contribution in [-0.2, 0) is 14.8 Å². The van der Waals surface area contributed by atoms with E-state index in [0.29, 0.717) is 36.6 Å². The van der Waals surface area contributed by atoms with E-state index in [1.807, 2.05) is 0 Å². The van der Waals surface area contributed by atoms with E-state index in [1.165, 1.54) is 4.31 Å². The highest BCUT2D eigenvalue weighted by Gasteiger charge is 2.32. The van der Waals surface area contributed by atoms with E-state index in [2.05, 4.69) is 21.2 Å². The van der Waals surface area contributed by atoms with Gasteiger partial charge in [0.1, 0.15) is 0 Å². The number of carbonyl (C=O) groups excluding carboxylic acids is 1. The molecule has 1 N–H and O–H groups in total. The summed E-state index contributed by atoms with van der Waals surface area (Å²) < 4.78 is 27.7. The summed E-state index contributed by atoms with van der Waals surface area (Å²) in [5.74, 6) is -0.360. The van der Waals surface area contributed by atoms with Crippen LogP contribution in [0.25, 0.3) is 0 Å². The number of anilines is 1. The molecule has 2 aromatic rings. The third-order valence-corrected chi connectivity index (χ3v) is 7.18. The highest BCUT2D eigenvalue weighted by molar-refractivity contribution is 9.10. The Labute approximate surface area is 166 Å². The highest BCUT2D eigenvalue weighted by Crippen LogP contribution is 2.27. The van der Waals surface area contributed by atoms with Crippen molar-refractivity contribution in [3.05, 3.63) is 58.0 Å². The first-order valence-electron chi connectivity index (χ1n) is 8.19. The Bertz CT molecular complexity index is 895. The molecule has 0 spiro atoms. The summed E-state index contributed by atoms with van der Waals surface area (Å²) in [6.45, 7) is 0.637. The minimum atomic E-state index is -3.53. The number of hydrogen-bond acceptors (Lipinski definition) is 3. The smallest absolute Gasteiger partial charge is 0.243 e. The van der Waals surface area contributed by atoms with Gasteiger partial charge in [0.05, 0.1) is 15.6 Å². The number of halogens is 2. The zero-order valence-corrected chi connectivity index (χ0v) is 17.0. The Kier molecular flexibility index (Phi) is 6.02. The van der Waals surface area contributed by atoms with Gasteiger partial charge in [0.15, 0.2) is 0 Å². The fraction of sp³-hybridized carbons (Fsp3) is 0.278. The van der Waals surface area contributed by atoms with E-state index in [-0.39, 0.29) is 16.7 Å². The first-order valence-corrected chi connectivity index (χ1v) is 10.8. The van der Waals surface area contributed by atoms with Gasteiger partial charge in [-0.15, -0.1) is 0 Å². The van der Waals surface area contributed by atoms with Gasteiger partial charge in [-0.05, 0) is 49.2 Å². The van der Waals surface area contributed by atoms with Crippen molar-refractivity contribution in [2.75, 3.05) is 18.4 Å². The molecule has 0 bridgehead atoms. The molecule has 0 aromatic heterocycles. The molecule has 0 aliphatic carbocycles. The summed E-state index contributed by atoms with van der Waals surface area (Å²) in [5, 5.41) is 3.31. The van der Waals surface area contributed by atoms with Gasteiger partial charge in [-0.25, -0.2) is 8.42 Å². The number of carbonyl (C=O) groups is 1. The second kappa shape index (κ2) is 8.08. The van der Waals surface area contributed by atoms with Crippen LogP contribution in [0, 0.1) is 5.92 Å². The molecule has 1 aliphatic heterocycles. The zero-order chi connectivity index (χ0) is 18.7. The Morgan fingerprint density at radius 1 is 1.08 bits per heavy atom. The quantitative estimate of drug-likeness (QED) is 0.750. The van der Waals surface area contributed by atoms with Crippen LogP contribution >= 0.6 is 27.5 Å². The maximum atomic E-state index is 12.7. The van der Waals surface area contributed by atoms with E-state index >= 15 is 0 Å². The zero-order valence-electron chi connectivity index (χ0n) is 13.9. The van der Waals surface area contributed by atoms with Gasteiger partial charge in [-0.3, -0.25) is 4.79 Å². The van der Waals surface area contributed by atoms with Gasteiger partial charge in [-0.2, -0.15) is 4.31 Å². The van der Waals surface area contributed by atoms with Gasteiger partial charge in [-0.1, -0.05) is 39.7 Å². The van der Waals surface area contributed by atoms with Crippen LogP contribution in [0.3, 0.4) is 0 Å². The minimum absolute atomic E-state index is 0.126. The van der Waals surface area contributed by atoms with Crippen molar-refractivity contribution in [2.24, 2.45) is 5.92 Å². The van der Waals surface area contributed by atoms with Crippen molar-refractivity contribution in [2.45, 2.75) is 17.7 Å².